The Morgan fingerprint density at radius 3 is 2.67 bits per heavy atom. The molecule has 88 valence electrons. The van der Waals surface area contributed by atoms with Gasteiger partial charge in [0, 0.05) is 13.2 Å². The Hall–Kier alpha value is -0.120. The Morgan fingerprint density at radius 2 is 2.07 bits per heavy atom. The van der Waals surface area contributed by atoms with Crippen LogP contribution >= 0.6 is 0 Å². The smallest absolute Gasteiger partial charge is 0.0581 e. The van der Waals surface area contributed by atoms with Crippen LogP contribution in [0.15, 0.2) is 0 Å². The van der Waals surface area contributed by atoms with Gasteiger partial charge in [-0.25, -0.2) is 0 Å². The minimum atomic E-state index is 0.146. The summed E-state index contributed by atoms with van der Waals surface area (Å²) in [6.45, 7) is 3.35. The average Bonchev–Trinajstić information content (AvgIpc) is 2.32. The lowest BCUT2D eigenvalue weighted by molar-refractivity contribution is -0.0372. The van der Waals surface area contributed by atoms with Crippen molar-refractivity contribution in [2.24, 2.45) is 5.41 Å². The van der Waals surface area contributed by atoms with Gasteiger partial charge in [-0.1, -0.05) is 0 Å². The van der Waals surface area contributed by atoms with E-state index in [9.17, 15) is 5.11 Å². The molecule has 1 atom stereocenters. The lowest BCUT2D eigenvalue weighted by atomic mass is 9.74. The number of piperidine rings is 1. The quantitative estimate of drug-likeness (QED) is 0.742. The van der Waals surface area contributed by atoms with E-state index < -0.39 is 0 Å². The number of aliphatic hydroxyl groups excluding tert-OH is 1. The predicted molar refractivity (Wildman–Crippen MR) is 59.8 cm³/mol. The summed E-state index contributed by atoms with van der Waals surface area (Å²) in [6, 6.07) is 0. The third kappa shape index (κ3) is 2.92. The van der Waals surface area contributed by atoms with Crippen molar-refractivity contribution in [1.82, 2.24) is 5.32 Å². The van der Waals surface area contributed by atoms with Gasteiger partial charge in [0.15, 0.2) is 0 Å². The highest BCUT2D eigenvalue weighted by molar-refractivity contribution is 4.87. The molecule has 0 aromatic rings. The van der Waals surface area contributed by atoms with Gasteiger partial charge in [0.2, 0.25) is 0 Å². The molecule has 2 aliphatic heterocycles. The summed E-state index contributed by atoms with van der Waals surface area (Å²) >= 11 is 0. The second-order valence-electron chi connectivity index (χ2n) is 5.10. The molecule has 0 saturated carbocycles. The number of hydrogen-bond acceptors (Lipinski definition) is 3. The topological polar surface area (TPSA) is 41.5 Å². The molecule has 0 spiro atoms. The van der Waals surface area contributed by atoms with Crippen molar-refractivity contribution in [3.05, 3.63) is 0 Å². The zero-order valence-corrected chi connectivity index (χ0v) is 9.50. The molecule has 2 N–H and O–H groups in total. The highest BCUT2D eigenvalue weighted by atomic mass is 16.5. The van der Waals surface area contributed by atoms with Gasteiger partial charge in [-0.3, -0.25) is 0 Å². The summed E-state index contributed by atoms with van der Waals surface area (Å²) in [7, 11) is 0. The summed E-state index contributed by atoms with van der Waals surface area (Å²) in [4.78, 5) is 0. The fourth-order valence-electron chi connectivity index (χ4n) is 2.84. The van der Waals surface area contributed by atoms with Crippen molar-refractivity contribution in [2.45, 2.75) is 44.6 Å². The third-order valence-corrected chi connectivity index (χ3v) is 3.93. The van der Waals surface area contributed by atoms with Crippen LogP contribution in [-0.4, -0.2) is 37.5 Å². The normalized spacial score (nSPS) is 31.4. The van der Waals surface area contributed by atoms with Crippen LogP contribution < -0.4 is 5.32 Å². The molecule has 2 aliphatic rings. The maximum Gasteiger partial charge on any atom is 0.0581 e. The fraction of sp³-hybridized carbons (Fsp3) is 1.00. The van der Waals surface area contributed by atoms with Crippen LogP contribution in [0.1, 0.15) is 38.5 Å². The molecule has 3 nitrogen and oxygen atoms in total. The monoisotopic (exact) mass is 213 g/mol. The van der Waals surface area contributed by atoms with Crippen LogP contribution in [0.2, 0.25) is 0 Å². The first kappa shape index (κ1) is 11.4. The van der Waals surface area contributed by atoms with E-state index in [0.717, 1.165) is 39.0 Å². The second kappa shape index (κ2) is 5.28. The van der Waals surface area contributed by atoms with Crippen LogP contribution in [0.4, 0.5) is 0 Å². The molecule has 2 fully saturated rings. The SMILES string of the molecule is OCC1(C[C@@H]2CCCCO2)CCNCC1. The maximum atomic E-state index is 9.59. The third-order valence-electron chi connectivity index (χ3n) is 3.93. The number of ether oxygens (including phenoxy) is 1. The minimum absolute atomic E-state index is 0.146. The van der Waals surface area contributed by atoms with Gasteiger partial charge >= 0.3 is 0 Å². The van der Waals surface area contributed by atoms with E-state index in [-0.39, 0.29) is 5.41 Å². The molecule has 0 amide bonds. The van der Waals surface area contributed by atoms with Crippen molar-refractivity contribution in [2.75, 3.05) is 26.3 Å². The van der Waals surface area contributed by atoms with Gasteiger partial charge in [-0.05, 0) is 57.0 Å². The van der Waals surface area contributed by atoms with Crippen molar-refractivity contribution in [3.8, 4) is 0 Å². The summed E-state index contributed by atoms with van der Waals surface area (Å²) in [5.74, 6) is 0. The number of aliphatic hydroxyl groups is 1. The molecular weight excluding hydrogens is 190 g/mol. The van der Waals surface area contributed by atoms with E-state index in [1.165, 1.54) is 19.3 Å². The summed E-state index contributed by atoms with van der Waals surface area (Å²) in [5, 5.41) is 12.9. The van der Waals surface area contributed by atoms with Crippen LogP contribution in [0.3, 0.4) is 0 Å². The van der Waals surface area contributed by atoms with Crippen LogP contribution in [0.5, 0.6) is 0 Å². The first-order valence-corrected chi connectivity index (χ1v) is 6.28. The van der Waals surface area contributed by atoms with Gasteiger partial charge in [-0.2, -0.15) is 0 Å². The average molecular weight is 213 g/mol. The summed E-state index contributed by atoms with van der Waals surface area (Å²) < 4.78 is 5.78. The number of nitrogens with one attached hydrogen (secondary N) is 1. The lowest BCUT2D eigenvalue weighted by Crippen LogP contribution is -2.42. The first-order valence-electron chi connectivity index (χ1n) is 6.28. The molecular formula is C12H23NO2. The predicted octanol–water partition coefficient (Wildman–Crippen LogP) is 1.31. The van der Waals surface area contributed by atoms with Gasteiger partial charge in [0.25, 0.3) is 0 Å². The van der Waals surface area contributed by atoms with E-state index in [0.29, 0.717) is 12.7 Å². The standard InChI is InChI=1S/C12H23NO2/c14-10-12(4-6-13-7-5-12)9-11-3-1-2-8-15-11/h11,13-14H,1-10H2/t11-/m0/s1. The minimum Gasteiger partial charge on any atom is -0.396 e. The van der Waals surface area contributed by atoms with E-state index in [1.807, 2.05) is 0 Å². The Balaban J connectivity index is 1.87. The maximum absolute atomic E-state index is 9.59. The van der Waals surface area contributed by atoms with Crippen LogP contribution in [0.25, 0.3) is 0 Å². The molecule has 0 radical (unpaired) electrons. The number of rotatable bonds is 3. The molecule has 0 aromatic heterocycles. The summed E-state index contributed by atoms with van der Waals surface area (Å²) in [6.07, 6.45) is 7.37. The first-order chi connectivity index (χ1) is 7.35. The van der Waals surface area contributed by atoms with Gasteiger partial charge in [0.05, 0.1) is 6.10 Å². The molecule has 0 unspecified atom stereocenters. The van der Waals surface area contributed by atoms with Crippen molar-refractivity contribution in [3.63, 3.8) is 0 Å². The Morgan fingerprint density at radius 1 is 1.27 bits per heavy atom. The molecule has 3 heteroatoms. The van der Waals surface area contributed by atoms with Crippen molar-refractivity contribution in [1.29, 1.82) is 0 Å². The van der Waals surface area contributed by atoms with E-state index in [2.05, 4.69) is 5.32 Å². The number of hydrogen-bond donors (Lipinski definition) is 2. The zero-order chi connectivity index (χ0) is 10.6. The fourth-order valence-corrected chi connectivity index (χ4v) is 2.84. The largest absolute Gasteiger partial charge is 0.396 e. The van der Waals surface area contributed by atoms with Crippen LogP contribution in [0, 0.1) is 5.41 Å². The Labute approximate surface area is 92.2 Å². The van der Waals surface area contributed by atoms with Crippen molar-refractivity contribution < 1.29 is 9.84 Å². The summed E-state index contributed by atoms with van der Waals surface area (Å²) in [5.41, 5.74) is 0.146. The van der Waals surface area contributed by atoms with E-state index >= 15 is 0 Å². The van der Waals surface area contributed by atoms with Gasteiger partial charge in [0.1, 0.15) is 0 Å². The highest BCUT2D eigenvalue weighted by Crippen LogP contribution is 2.36. The Kier molecular flexibility index (Phi) is 4.00. The zero-order valence-electron chi connectivity index (χ0n) is 9.50. The lowest BCUT2D eigenvalue weighted by Gasteiger charge is -2.39. The highest BCUT2D eigenvalue weighted by Gasteiger charge is 2.34. The molecule has 2 rings (SSSR count). The molecule has 15 heavy (non-hydrogen) atoms. The van der Waals surface area contributed by atoms with Crippen molar-refractivity contribution >= 4 is 0 Å². The van der Waals surface area contributed by atoms with E-state index in [1.54, 1.807) is 0 Å². The van der Waals surface area contributed by atoms with Gasteiger partial charge in [-0.15, -0.1) is 0 Å². The molecule has 2 saturated heterocycles. The molecule has 0 aliphatic carbocycles. The van der Waals surface area contributed by atoms with E-state index in [4.69, 9.17) is 4.74 Å². The van der Waals surface area contributed by atoms with Gasteiger partial charge < -0.3 is 15.2 Å². The van der Waals surface area contributed by atoms with Crippen LogP contribution in [-0.2, 0) is 4.74 Å². The second-order valence-corrected chi connectivity index (χ2v) is 5.10. The molecule has 2 heterocycles. The molecule has 0 aromatic carbocycles. The Bertz CT molecular complexity index is 184. The molecule has 0 bridgehead atoms.